The molecule has 0 heterocycles. The van der Waals surface area contributed by atoms with Crippen molar-refractivity contribution in [3.05, 3.63) is 0 Å². The van der Waals surface area contributed by atoms with Crippen LogP contribution in [0.4, 0.5) is 0 Å². The minimum atomic E-state index is -0.433. The molecule has 1 atom stereocenters. The van der Waals surface area contributed by atoms with Crippen molar-refractivity contribution in [3.8, 4) is 0 Å². The molecule has 1 rings (SSSR count). The monoisotopic (exact) mass is 227 g/mol. The Morgan fingerprint density at radius 1 is 1.25 bits per heavy atom. The predicted octanol–water partition coefficient (Wildman–Crippen LogP) is 2.50. The summed E-state index contributed by atoms with van der Waals surface area (Å²) in [5.74, 6) is -0.0907. The third-order valence-corrected chi connectivity index (χ3v) is 3.78. The maximum absolute atomic E-state index is 12.0. The van der Waals surface area contributed by atoms with Crippen molar-refractivity contribution in [1.82, 2.24) is 5.32 Å². The quantitative estimate of drug-likeness (QED) is 0.594. The first-order chi connectivity index (χ1) is 7.46. The summed E-state index contributed by atoms with van der Waals surface area (Å²) < 4.78 is 4.97. The van der Waals surface area contributed by atoms with Gasteiger partial charge in [-0.1, -0.05) is 27.2 Å². The molecule has 94 valence electrons. The van der Waals surface area contributed by atoms with E-state index in [9.17, 15) is 4.79 Å². The van der Waals surface area contributed by atoms with Gasteiger partial charge in [0.1, 0.15) is 5.54 Å². The van der Waals surface area contributed by atoms with E-state index in [1.165, 1.54) is 13.5 Å². The molecule has 0 amide bonds. The number of nitrogens with one attached hydrogen (secondary N) is 1. The fraction of sp³-hybridized carbons (Fsp3) is 0.923. The summed E-state index contributed by atoms with van der Waals surface area (Å²) in [6.45, 7) is 7.43. The summed E-state index contributed by atoms with van der Waals surface area (Å²) in [7, 11) is 1.48. The van der Waals surface area contributed by atoms with E-state index >= 15 is 0 Å². The maximum Gasteiger partial charge on any atom is 0.326 e. The Morgan fingerprint density at radius 3 is 2.50 bits per heavy atom. The van der Waals surface area contributed by atoms with Gasteiger partial charge in [0.2, 0.25) is 0 Å². The van der Waals surface area contributed by atoms with Gasteiger partial charge in [0.25, 0.3) is 0 Å². The van der Waals surface area contributed by atoms with Crippen LogP contribution in [0, 0.1) is 5.41 Å². The Kier molecular flexibility index (Phi) is 4.36. The van der Waals surface area contributed by atoms with Crippen LogP contribution in [-0.2, 0) is 9.53 Å². The second-order valence-corrected chi connectivity index (χ2v) is 5.62. The summed E-state index contributed by atoms with van der Waals surface area (Å²) in [4.78, 5) is 12.0. The van der Waals surface area contributed by atoms with Crippen molar-refractivity contribution >= 4 is 5.97 Å². The molecule has 0 saturated heterocycles. The number of hydrogen-bond donors (Lipinski definition) is 1. The number of carbonyl (C=O) groups is 1. The zero-order valence-corrected chi connectivity index (χ0v) is 11.1. The molecule has 1 fully saturated rings. The van der Waals surface area contributed by atoms with Gasteiger partial charge in [-0.2, -0.15) is 0 Å². The minimum Gasteiger partial charge on any atom is -0.468 e. The van der Waals surface area contributed by atoms with Crippen LogP contribution in [0.2, 0.25) is 0 Å². The molecule has 1 N–H and O–H groups in total. The Balaban J connectivity index is 2.81. The molecular formula is C13H25NO2. The number of hydrogen-bond acceptors (Lipinski definition) is 3. The smallest absolute Gasteiger partial charge is 0.326 e. The highest BCUT2D eigenvalue weighted by molar-refractivity contribution is 5.80. The molecule has 0 aromatic carbocycles. The highest BCUT2D eigenvalue weighted by atomic mass is 16.5. The first-order valence-corrected chi connectivity index (χ1v) is 6.29. The first kappa shape index (κ1) is 13.5. The van der Waals surface area contributed by atoms with Crippen molar-refractivity contribution < 1.29 is 9.53 Å². The van der Waals surface area contributed by atoms with Gasteiger partial charge in [-0.3, -0.25) is 4.79 Å². The minimum absolute atomic E-state index is 0.0907. The molecule has 1 aliphatic carbocycles. The fourth-order valence-corrected chi connectivity index (χ4v) is 2.66. The molecule has 3 nitrogen and oxygen atoms in total. The van der Waals surface area contributed by atoms with Gasteiger partial charge in [0, 0.05) is 0 Å². The molecular weight excluding hydrogens is 202 g/mol. The Labute approximate surface area is 98.9 Å². The van der Waals surface area contributed by atoms with Crippen LogP contribution in [0.5, 0.6) is 0 Å². The Morgan fingerprint density at radius 2 is 1.94 bits per heavy atom. The molecule has 1 aliphatic rings. The van der Waals surface area contributed by atoms with Crippen molar-refractivity contribution in [2.75, 3.05) is 13.7 Å². The molecule has 0 aromatic heterocycles. The fourth-order valence-electron chi connectivity index (χ4n) is 2.66. The van der Waals surface area contributed by atoms with Crippen molar-refractivity contribution in [1.29, 1.82) is 0 Å². The lowest BCUT2D eigenvalue weighted by atomic mass is 9.83. The van der Waals surface area contributed by atoms with Gasteiger partial charge in [-0.05, 0) is 37.6 Å². The molecule has 0 radical (unpaired) electrons. The number of methoxy groups -OCH3 is 1. The number of esters is 1. The summed E-state index contributed by atoms with van der Waals surface area (Å²) in [5, 5.41) is 3.35. The summed E-state index contributed by atoms with van der Waals surface area (Å²) in [6, 6.07) is 0. The van der Waals surface area contributed by atoms with E-state index < -0.39 is 5.54 Å². The zero-order chi connectivity index (χ0) is 12.2. The van der Waals surface area contributed by atoms with Crippen LogP contribution in [0.15, 0.2) is 0 Å². The van der Waals surface area contributed by atoms with Gasteiger partial charge in [0.15, 0.2) is 0 Å². The van der Waals surface area contributed by atoms with E-state index in [1.807, 2.05) is 6.92 Å². The van der Waals surface area contributed by atoms with Gasteiger partial charge in [-0.15, -0.1) is 0 Å². The molecule has 1 unspecified atom stereocenters. The second kappa shape index (κ2) is 5.17. The first-order valence-electron chi connectivity index (χ1n) is 6.29. The summed E-state index contributed by atoms with van der Waals surface area (Å²) in [6.07, 6.45) is 5.15. The maximum atomic E-state index is 12.0. The zero-order valence-electron chi connectivity index (χ0n) is 11.1. The number of rotatable bonds is 3. The Hall–Kier alpha value is -0.570. The van der Waals surface area contributed by atoms with Gasteiger partial charge < -0.3 is 10.1 Å². The van der Waals surface area contributed by atoms with E-state index in [1.54, 1.807) is 0 Å². The van der Waals surface area contributed by atoms with Crippen LogP contribution in [-0.4, -0.2) is 25.2 Å². The average Bonchev–Trinajstić information content (AvgIpc) is 2.38. The van der Waals surface area contributed by atoms with Gasteiger partial charge in [-0.25, -0.2) is 0 Å². The molecule has 0 aliphatic heterocycles. The van der Waals surface area contributed by atoms with Crippen LogP contribution in [0.3, 0.4) is 0 Å². The van der Waals surface area contributed by atoms with Crippen LogP contribution in [0.25, 0.3) is 0 Å². The topological polar surface area (TPSA) is 38.3 Å². The molecule has 0 spiro atoms. The standard InChI is InChI=1S/C13H25NO2/c1-5-14-13(11(15)16-4)8-6-7-12(2,3)9-10-13/h14H,5-10H2,1-4H3. The Bertz CT molecular complexity index is 250. The molecule has 0 aromatic rings. The molecule has 1 saturated carbocycles. The van der Waals surface area contributed by atoms with Gasteiger partial charge in [0.05, 0.1) is 7.11 Å². The van der Waals surface area contributed by atoms with Crippen molar-refractivity contribution in [3.63, 3.8) is 0 Å². The van der Waals surface area contributed by atoms with E-state index in [0.717, 1.165) is 32.2 Å². The lowest BCUT2D eigenvalue weighted by molar-refractivity contribution is -0.149. The highest BCUT2D eigenvalue weighted by Gasteiger charge is 2.41. The third kappa shape index (κ3) is 2.97. The second-order valence-electron chi connectivity index (χ2n) is 5.62. The summed E-state index contributed by atoms with van der Waals surface area (Å²) >= 11 is 0. The molecule has 3 heteroatoms. The van der Waals surface area contributed by atoms with Crippen molar-refractivity contribution in [2.45, 2.75) is 58.4 Å². The van der Waals surface area contributed by atoms with Gasteiger partial charge >= 0.3 is 5.97 Å². The van der Waals surface area contributed by atoms with E-state index in [-0.39, 0.29) is 5.97 Å². The largest absolute Gasteiger partial charge is 0.468 e. The summed E-state index contributed by atoms with van der Waals surface area (Å²) in [5.41, 5.74) is -0.0809. The predicted molar refractivity (Wildman–Crippen MR) is 65.3 cm³/mol. The number of likely N-dealkylation sites (N-methyl/N-ethyl adjacent to an activating group) is 1. The SMILES string of the molecule is CCNC1(C(=O)OC)CCCC(C)(C)CC1. The lowest BCUT2D eigenvalue weighted by Gasteiger charge is -2.31. The average molecular weight is 227 g/mol. The van der Waals surface area contributed by atoms with E-state index in [4.69, 9.17) is 4.74 Å². The lowest BCUT2D eigenvalue weighted by Crippen LogP contribution is -2.52. The van der Waals surface area contributed by atoms with E-state index in [2.05, 4.69) is 19.2 Å². The molecule has 16 heavy (non-hydrogen) atoms. The van der Waals surface area contributed by atoms with E-state index in [0.29, 0.717) is 5.41 Å². The normalized spacial score (nSPS) is 29.5. The van der Waals surface area contributed by atoms with Crippen LogP contribution >= 0.6 is 0 Å². The van der Waals surface area contributed by atoms with Crippen LogP contribution < -0.4 is 5.32 Å². The molecule has 0 bridgehead atoms. The van der Waals surface area contributed by atoms with Crippen LogP contribution in [0.1, 0.15) is 52.9 Å². The third-order valence-electron chi connectivity index (χ3n) is 3.78. The number of ether oxygens (including phenoxy) is 1. The highest BCUT2D eigenvalue weighted by Crippen LogP contribution is 2.38. The number of carbonyl (C=O) groups excluding carboxylic acids is 1. The van der Waals surface area contributed by atoms with Crippen molar-refractivity contribution in [2.24, 2.45) is 5.41 Å².